The Morgan fingerprint density at radius 2 is 2.25 bits per heavy atom. The fraction of sp³-hybridized carbons (Fsp3) is 0.500. The summed E-state index contributed by atoms with van der Waals surface area (Å²) < 4.78 is 0.719. The van der Waals surface area contributed by atoms with Crippen molar-refractivity contribution in [2.75, 3.05) is 27.2 Å². The quantitative estimate of drug-likeness (QED) is 0.898. The predicted molar refractivity (Wildman–Crippen MR) is 83.2 cm³/mol. The Balaban J connectivity index is 2.24. The van der Waals surface area contributed by atoms with Gasteiger partial charge in [-0.25, -0.2) is 0 Å². The highest BCUT2D eigenvalue weighted by atomic mass is 79.9. The van der Waals surface area contributed by atoms with Crippen LogP contribution in [0.2, 0.25) is 5.02 Å². The number of nitrogens with zero attached hydrogens (tertiary/aromatic N) is 2. The van der Waals surface area contributed by atoms with Gasteiger partial charge < -0.3 is 14.9 Å². The van der Waals surface area contributed by atoms with Crippen LogP contribution >= 0.6 is 27.5 Å². The third-order valence-corrected chi connectivity index (χ3v) is 4.31. The molecule has 2 unspecified atom stereocenters. The van der Waals surface area contributed by atoms with Gasteiger partial charge in [-0.2, -0.15) is 0 Å². The lowest BCUT2D eigenvalue weighted by molar-refractivity contribution is 0.0698. The minimum Gasteiger partial charge on any atom is -0.391 e. The van der Waals surface area contributed by atoms with E-state index in [-0.39, 0.29) is 11.9 Å². The van der Waals surface area contributed by atoms with Gasteiger partial charge in [0, 0.05) is 28.6 Å². The lowest BCUT2D eigenvalue weighted by Crippen LogP contribution is -2.41. The number of carbonyl (C=O) groups excluding carboxylic acids is 1. The number of halogens is 2. The molecule has 1 aromatic rings. The third-order valence-electron chi connectivity index (χ3n) is 3.39. The van der Waals surface area contributed by atoms with Gasteiger partial charge in [0.25, 0.3) is 5.91 Å². The maximum absolute atomic E-state index is 12.7. The first kappa shape index (κ1) is 15.8. The second kappa shape index (κ2) is 6.43. The molecule has 1 saturated heterocycles. The van der Waals surface area contributed by atoms with Gasteiger partial charge in [0.05, 0.1) is 11.7 Å². The van der Waals surface area contributed by atoms with Crippen molar-refractivity contribution < 1.29 is 9.90 Å². The molecule has 1 fully saturated rings. The van der Waals surface area contributed by atoms with Gasteiger partial charge in [-0.1, -0.05) is 11.6 Å². The third kappa shape index (κ3) is 3.52. The van der Waals surface area contributed by atoms with Crippen molar-refractivity contribution in [2.24, 2.45) is 0 Å². The summed E-state index contributed by atoms with van der Waals surface area (Å²) >= 11 is 9.35. The van der Waals surface area contributed by atoms with Crippen LogP contribution in [0.1, 0.15) is 16.8 Å². The number of rotatable bonds is 3. The van der Waals surface area contributed by atoms with E-state index in [4.69, 9.17) is 11.6 Å². The maximum Gasteiger partial charge on any atom is 0.255 e. The molecule has 20 heavy (non-hydrogen) atoms. The van der Waals surface area contributed by atoms with Gasteiger partial charge in [0.15, 0.2) is 0 Å². The molecule has 0 bridgehead atoms. The SMILES string of the molecule is CN(C)CC1CC(O)CN1C(=O)c1cc(Cl)ccc1Br. The Kier molecular flexibility index (Phi) is 5.07. The van der Waals surface area contributed by atoms with Crippen LogP contribution in [0.3, 0.4) is 0 Å². The lowest BCUT2D eigenvalue weighted by Gasteiger charge is -2.27. The van der Waals surface area contributed by atoms with E-state index in [0.717, 1.165) is 11.0 Å². The topological polar surface area (TPSA) is 43.8 Å². The van der Waals surface area contributed by atoms with Crippen molar-refractivity contribution in [1.82, 2.24) is 9.80 Å². The highest BCUT2D eigenvalue weighted by Gasteiger charge is 2.35. The number of benzene rings is 1. The largest absolute Gasteiger partial charge is 0.391 e. The molecule has 1 amide bonds. The highest BCUT2D eigenvalue weighted by Crippen LogP contribution is 2.26. The number of aliphatic hydroxyl groups excluding tert-OH is 1. The average molecular weight is 362 g/mol. The molecule has 1 heterocycles. The van der Waals surface area contributed by atoms with Crippen LogP contribution in [0.4, 0.5) is 0 Å². The second-order valence-electron chi connectivity index (χ2n) is 5.39. The number of carbonyl (C=O) groups is 1. The molecule has 1 aromatic carbocycles. The Morgan fingerprint density at radius 3 is 2.90 bits per heavy atom. The monoisotopic (exact) mass is 360 g/mol. The summed E-state index contributed by atoms with van der Waals surface area (Å²) in [7, 11) is 3.92. The van der Waals surface area contributed by atoms with Gasteiger partial charge in [0.1, 0.15) is 0 Å². The summed E-state index contributed by atoms with van der Waals surface area (Å²) in [6.07, 6.45) is 0.157. The Labute approximate surface area is 132 Å². The van der Waals surface area contributed by atoms with Gasteiger partial charge in [-0.3, -0.25) is 4.79 Å². The van der Waals surface area contributed by atoms with E-state index in [9.17, 15) is 9.90 Å². The van der Waals surface area contributed by atoms with Crippen LogP contribution in [0.15, 0.2) is 22.7 Å². The van der Waals surface area contributed by atoms with E-state index in [1.54, 1.807) is 23.1 Å². The van der Waals surface area contributed by atoms with E-state index in [0.29, 0.717) is 23.6 Å². The smallest absolute Gasteiger partial charge is 0.255 e. The molecule has 6 heteroatoms. The van der Waals surface area contributed by atoms with Crippen molar-refractivity contribution in [3.63, 3.8) is 0 Å². The van der Waals surface area contributed by atoms with Crippen molar-refractivity contribution in [1.29, 1.82) is 0 Å². The van der Waals surface area contributed by atoms with Crippen molar-refractivity contribution >= 4 is 33.4 Å². The van der Waals surface area contributed by atoms with E-state index < -0.39 is 6.10 Å². The van der Waals surface area contributed by atoms with Crippen LogP contribution in [0.25, 0.3) is 0 Å². The van der Waals surface area contributed by atoms with E-state index in [1.807, 2.05) is 19.0 Å². The molecule has 2 atom stereocenters. The lowest BCUT2D eigenvalue weighted by atomic mass is 10.1. The molecule has 0 aliphatic carbocycles. The predicted octanol–water partition coefficient (Wildman–Crippen LogP) is 2.24. The van der Waals surface area contributed by atoms with Crippen molar-refractivity contribution in [3.8, 4) is 0 Å². The van der Waals surface area contributed by atoms with Gasteiger partial charge in [0.2, 0.25) is 0 Å². The van der Waals surface area contributed by atoms with Crippen LogP contribution in [-0.4, -0.2) is 60.1 Å². The summed E-state index contributed by atoms with van der Waals surface area (Å²) in [5, 5.41) is 10.4. The zero-order chi connectivity index (χ0) is 14.9. The van der Waals surface area contributed by atoms with Crippen molar-refractivity contribution in [3.05, 3.63) is 33.3 Å². The molecule has 0 saturated carbocycles. The number of likely N-dealkylation sites (tertiary alicyclic amines) is 1. The van der Waals surface area contributed by atoms with E-state index >= 15 is 0 Å². The highest BCUT2D eigenvalue weighted by molar-refractivity contribution is 9.10. The summed E-state index contributed by atoms with van der Waals surface area (Å²) in [5.74, 6) is -0.0947. The first-order valence-corrected chi connectivity index (χ1v) is 7.64. The Bertz CT molecular complexity index is 510. The molecule has 4 nitrogen and oxygen atoms in total. The summed E-state index contributed by atoms with van der Waals surface area (Å²) in [5.41, 5.74) is 0.537. The van der Waals surface area contributed by atoms with Gasteiger partial charge >= 0.3 is 0 Å². The van der Waals surface area contributed by atoms with Gasteiger partial charge in [-0.15, -0.1) is 0 Å². The van der Waals surface area contributed by atoms with E-state index in [1.165, 1.54) is 0 Å². The number of hydrogen-bond acceptors (Lipinski definition) is 3. The summed E-state index contributed by atoms with van der Waals surface area (Å²) in [4.78, 5) is 16.4. The number of amides is 1. The number of aliphatic hydroxyl groups is 1. The molecule has 1 aliphatic rings. The zero-order valence-corrected chi connectivity index (χ0v) is 13.9. The first-order chi connectivity index (χ1) is 9.38. The minimum atomic E-state index is -0.457. The fourth-order valence-corrected chi connectivity index (χ4v) is 3.14. The zero-order valence-electron chi connectivity index (χ0n) is 11.5. The average Bonchev–Trinajstić information content (AvgIpc) is 2.71. The fourth-order valence-electron chi connectivity index (χ4n) is 2.55. The van der Waals surface area contributed by atoms with Crippen LogP contribution in [0, 0.1) is 0 Å². The molecule has 1 N–H and O–H groups in total. The molecule has 2 rings (SSSR count). The standard InChI is InChI=1S/C14H18BrClN2O2/c1-17(2)7-10-6-11(19)8-18(10)14(20)12-5-9(16)3-4-13(12)15/h3-5,10-11,19H,6-8H2,1-2H3. The molecular formula is C14H18BrClN2O2. The van der Waals surface area contributed by atoms with Crippen LogP contribution in [-0.2, 0) is 0 Å². The molecule has 0 spiro atoms. The molecule has 1 aliphatic heterocycles. The minimum absolute atomic E-state index is 0.0263. The first-order valence-electron chi connectivity index (χ1n) is 6.47. The number of likely N-dealkylation sites (N-methyl/N-ethyl adjacent to an activating group) is 1. The number of β-amino-alcohol motifs (C(OH)–C–C–N with tert-alkyl or cyclic N) is 1. The van der Waals surface area contributed by atoms with E-state index in [2.05, 4.69) is 15.9 Å². The van der Waals surface area contributed by atoms with Crippen LogP contribution < -0.4 is 0 Å². The van der Waals surface area contributed by atoms with Crippen LogP contribution in [0.5, 0.6) is 0 Å². The number of hydrogen-bond donors (Lipinski definition) is 1. The molecular weight excluding hydrogens is 344 g/mol. The Morgan fingerprint density at radius 1 is 1.55 bits per heavy atom. The Hall–Kier alpha value is -0.620. The van der Waals surface area contributed by atoms with Crippen molar-refractivity contribution in [2.45, 2.75) is 18.6 Å². The second-order valence-corrected chi connectivity index (χ2v) is 6.68. The molecule has 110 valence electrons. The van der Waals surface area contributed by atoms with Gasteiger partial charge in [-0.05, 0) is 54.6 Å². The molecule has 0 radical (unpaired) electrons. The normalized spacial score (nSPS) is 22.6. The summed E-state index contributed by atoms with van der Waals surface area (Å²) in [6.45, 7) is 1.11. The maximum atomic E-state index is 12.7. The summed E-state index contributed by atoms with van der Waals surface area (Å²) in [6, 6.07) is 5.19. The molecule has 0 aromatic heterocycles.